The van der Waals surface area contributed by atoms with Crippen LogP contribution in [-0.4, -0.2) is 39.9 Å². The Kier molecular flexibility index (Phi) is 4.87. The molecule has 0 amide bonds. The van der Waals surface area contributed by atoms with Gasteiger partial charge in [-0.15, -0.1) is 0 Å². The van der Waals surface area contributed by atoms with Crippen LogP contribution < -0.4 is 18.9 Å². The topological polar surface area (TPSA) is 40.2 Å². The Balaban J connectivity index is 1.74. The summed E-state index contributed by atoms with van der Waals surface area (Å²) >= 11 is 0. The standard InChI is InChI=1S/C22H27NO4/c1-24-19-8-6-14-5-7-18-16-12-21(26-3)20(25-2)11-15(16)9-10-23(18)13-17(14)22(19)27-4/h6,8,11-12,18H,5,7,9-10,13H2,1-4H3/t18-/m0/s1. The zero-order chi connectivity index (χ0) is 19.0. The van der Waals surface area contributed by atoms with Gasteiger partial charge in [-0.2, -0.15) is 0 Å². The van der Waals surface area contributed by atoms with Gasteiger partial charge >= 0.3 is 0 Å². The molecule has 0 aliphatic carbocycles. The first kappa shape index (κ1) is 18.0. The molecule has 0 fully saturated rings. The van der Waals surface area contributed by atoms with Crippen molar-refractivity contribution >= 4 is 0 Å². The van der Waals surface area contributed by atoms with Gasteiger partial charge in [0.15, 0.2) is 23.0 Å². The third kappa shape index (κ3) is 3.00. The predicted octanol–water partition coefficient (Wildman–Crippen LogP) is 3.77. The van der Waals surface area contributed by atoms with Crippen LogP contribution in [-0.2, 0) is 19.4 Å². The summed E-state index contributed by atoms with van der Waals surface area (Å²) in [6.07, 6.45) is 3.10. The van der Waals surface area contributed by atoms with Gasteiger partial charge in [0.05, 0.1) is 28.4 Å². The highest BCUT2D eigenvalue weighted by Crippen LogP contribution is 2.44. The highest BCUT2D eigenvalue weighted by atomic mass is 16.5. The van der Waals surface area contributed by atoms with Crippen LogP contribution in [0.2, 0.25) is 0 Å². The van der Waals surface area contributed by atoms with E-state index in [1.54, 1.807) is 28.4 Å². The number of methoxy groups -OCH3 is 4. The number of rotatable bonds is 4. The van der Waals surface area contributed by atoms with Crippen molar-refractivity contribution in [1.82, 2.24) is 4.90 Å². The minimum absolute atomic E-state index is 0.372. The molecule has 0 N–H and O–H groups in total. The summed E-state index contributed by atoms with van der Waals surface area (Å²) < 4.78 is 22.3. The molecule has 0 bridgehead atoms. The van der Waals surface area contributed by atoms with Crippen molar-refractivity contribution in [2.24, 2.45) is 0 Å². The first-order chi connectivity index (χ1) is 13.2. The van der Waals surface area contributed by atoms with E-state index in [0.29, 0.717) is 6.04 Å². The maximum Gasteiger partial charge on any atom is 0.165 e. The number of fused-ring (bicyclic) bond motifs is 4. The lowest BCUT2D eigenvalue weighted by molar-refractivity contribution is 0.171. The van der Waals surface area contributed by atoms with Gasteiger partial charge in [0, 0.05) is 24.7 Å². The summed E-state index contributed by atoms with van der Waals surface area (Å²) in [4.78, 5) is 2.56. The van der Waals surface area contributed by atoms with Gasteiger partial charge in [-0.25, -0.2) is 0 Å². The summed E-state index contributed by atoms with van der Waals surface area (Å²) in [5, 5.41) is 0. The van der Waals surface area contributed by atoms with Crippen molar-refractivity contribution in [2.75, 3.05) is 35.0 Å². The lowest BCUT2D eigenvalue weighted by Gasteiger charge is -2.36. The predicted molar refractivity (Wildman–Crippen MR) is 104 cm³/mol. The lowest BCUT2D eigenvalue weighted by Crippen LogP contribution is -2.34. The number of ether oxygens (including phenoxy) is 4. The molecule has 2 aliphatic rings. The van der Waals surface area contributed by atoms with Gasteiger partial charge in [-0.1, -0.05) is 6.07 Å². The molecule has 5 heteroatoms. The second-order valence-electron chi connectivity index (χ2n) is 7.12. The fourth-order valence-electron chi connectivity index (χ4n) is 4.54. The van der Waals surface area contributed by atoms with Gasteiger partial charge in [0.2, 0.25) is 0 Å². The van der Waals surface area contributed by atoms with Crippen LogP contribution >= 0.6 is 0 Å². The van der Waals surface area contributed by atoms with E-state index < -0.39 is 0 Å². The maximum absolute atomic E-state index is 5.72. The molecule has 0 saturated carbocycles. The van der Waals surface area contributed by atoms with Gasteiger partial charge in [-0.05, 0) is 54.2 Å². The molecular formula is C22H27NO4. The van der Waals surface area contributed by atoms with Gasteiger partial charge in [0.1, 0.15) is 0 Å². The second kappa shape index (κ2) is 7.31. The van der Waals surface area contributed by atoms with Gasteiger partial charge in [-0.3, -0.25) is 4.90 Å². The van der Waals surface area contributed by atoms with E-state index in [1.807, 2.05) is 6.07 Å². The Hall–Kier alpha value is -2.40. The Morgan fingerprint density at radius 2 is 1.56 bits per heavy atom. The fourth-order valence-corrected chi connectivity index (χ4v) is 4.54. The molecule has 4 rings (SSSR count). The third-order valence-corrected chi connectivity index (χ3v) is 5.91. The largest absolute Gasteiger partial charge is 0.493 e. The summed E-state index contributed by atoms with van der Waals surface area (Å²) in [6, 6.07) is 8.89. The highest BCUT2D eigenvalue weighted by molar-refractivity contribution is 5.53. The average Bonchev–Trinajstić information content (AvgIpc) is 2.91. The SMILES string of the molecule is COc1cc2c(cc1OC)[C@@H]1CCc3ccc(OC)c(OC)c3CN1CC2. The first-order valence-corrected chi connectivity index (χ1v) is 9.41. The van der Waals surface area contributed by atoms with Crippen molar-refractivity contribution in [3.8, 4) is 23.0 Å². The van der Waals surface area contributed by atoms with E-state index in [4.69, 9.17) is 18.9 Å². The molecule has 0 aromatic heterocycles. The van der Waals surface area contributed by atoms with E-state index in [1.165, 1.54) is 22.3 Å². The Morgan fingerprint density at radius 1 is 0.815 bits per heavy atom. The molecule has 0 spiro atoms. The summed E-state index contributed by atoms with van der Waals surface area (Å²) in [7, 11) is 6.82. The van der Waals surface area contributed by atoms with E-state index >= 15 is 0 Å². The van der Waals surface area contributed by atoms with Crippen LogP contribution in [0.15, 0.2) is 24.3 Å². The van der Waals surface area contributed by atoms with Crippen LogP contribution in [0.1, 0.15) is 34.7 Å². The second-order valence-corrected chi connectivity index (χ2v) is 7.12. The number of hydrogen-bond donors (Lipinski definition) is 0. The maximum atomic E-state index is 5.72. The highest BCUT2D eigenvalue weighted by Gasteiger charge is 2.33. The third-order valence-electron chi connectivity index (χ3n) is 5.91. The molecule has 2 heterocycles. The number of benzene rings is 2. The van der Waals surface area contributed by atoms with Crippen LogP contribution in [0.3, 0.4) is 0 Å². The Labute approximate surface area is 160 Å². The molecule has 2 aliphatic heterocycles. The minimum atomic E-state index is 0.372. The molecule has 2 aromatic rings. The molecule has 0 unspecified atom stereocenters. The van der Waals surface area contributed by atoms with E-state index in [-0.39, 0.29) is 0 Å². The van der Waals surface area contributed by atoms with Crippen molar-refractivity contribution in [3.05, 3.63) is 46.5 Å². The zero-order valence-corrected chi connectivity index (χ0v) is 16.5. The monoisotopic (exact) mass is 369 g/mol. The normalized spacial score (nSPS) is 18.6. The molecule has 1 atom stereocenters. The van der Waals surface area contributed by atoms with Crippen molar-refractivity contribution < 1.29 is 18.9 Å². The zero-order valence-electron chi connectivity index (χ0n) is 16.5. The molecule has 27 heavy (non-hydrogen) atoms. The first-order valence-electron chi connectivity index (χ1n) is 9.41. The van der Waals surface area contributed by atoms with E-state index in [0.717, 1.165) is 55.4 Å². The fraction of sp³-hybridized carbons (Fsp3) is 0.455. The van der Waals surface area contributed by atoms with E-state index in [9.17, 15) is 0 Å². The van der Waals surface area contributed by atoms with Crippen molar-refractivity contribution in [1.29, 1.82) is 0 Å². The quantitative estimate of drug-likeness (QED) is 0.821. The number of nitrogens with zero attached hydrogens (tertiary/aromatic N) is 1. The van der Waals surface area contributed by atoms with Gasteiger partial charge < -0.3 is 18.9 Å². The molecule has 5 nitrogen and oxygen atoms in total. The number of aryl methyl sites for hydroxylation is 1. The van der Waals surface area contributed by atoms with Crippen LogP contribution in [0, 0.1) is 0 Å². The minimum Gasteiger partial charge on any atom is -0.493 e. The summed E-state index contributed by atoms with van der Waals surface area (Å²) in [6.45, 7) is 1.89. The van der Waals surface area contributed by atoms with Crippen LogP contribution in [0.5, 0.6) is 23.0 Å². The Morgan fingerprint density at radius 3 is 2.26 bits per heavy atom. The molecule has 0 saturated heterocycles. The van der Waals surface area contributed by atoms with Crippen molar-refractivity contribution in [2.45, 2.75) is 31.8 Å². The summed E-state index contributed by atoms with van der Waals surface area (Å²) in [5.41, 5.74) is 5.33. The molecule has 2 aromatic carbocycles. The average molecular weight is 369 g/mol. The van der Waals surface area contributed by atoms with E-state index in [2.05, 4.69) is 23.1 Å². The number of hydrogen-bond acceptors (Lipinski definition) is 5. The molecule has 0 radical (unpaired) electrons. The lowest BCUT2D eigenvalue weighted by atomic mass is 9.89. The van der Waals surface area contributed by atoms with Crippen LogP contribution in [0.4, 0.5) is 0 Å². The molecule has 144 valence electrons. The molecular weight excluding hydrogens is 342 g/mol. The smallest absolute Gasteiger partial charge is 0.165 e. The van der Waals surface area contributed by atoms with Gasteiger partial charge in [0.25, 0.3) is 0 Å². The van der Waals surface area contributed by atoms with Crippen LogP contribution in [0.25, 0.3) is 0 Å². The van der Waals surface area contributed by atoms with Crippen molar-refractivity contribution in [3.63, 3.8) is 0 Å². The Bertz CT molecular complexity index is 849. The summed E-state index contributed by atoms with van der Waals surface area (Å²) in [5.74, 6) is 3.29.